The van der Waals surface area contributed by atoms with Gasteiger partial charge in [-0.3, -0.25) is 9.69 Å². The summed E-state index contributed by atoms with van der Waals surface area (Å²) >= 11 is 4.32. The Balaban J connectivity index is 0.000000492. The van der Waals surface area contributed by atoms with Gasteiger partial charge >= 0.3 is 0 Å². The normalized spacial score (nSPS) is 16.8. The number of aryl methyl sites for hydroxylation is 1. The Hall–Kier alpha value is -0.900. The number of benzene rings is 1. The topological polar surface area (TPSA) is 23.6 Å². The van der Waals surface area contributed by atoms with Crippen molar-refractivity contribution in [2.75, 3.05) is 33.2 Å². The van der Waals surface area contributed by atoms with Gasteiger partial charge in [-0.15, -0.1) is 0 Å². The van der Waals surface area contributed by atoms with Crippen molar-refractivity contribution < 1.29 is 4.79 Å². The van der Waals surface area contributed by atoms with Gasteiger partial charge in [-0.2, -0.15) is 0 Å². The van der Waals surface area contributed by atoms with Gasteiger partial charge in [0, 0.05) is 32.7 Å². The van der Waals surface area contributed by atoms with E-state index in [1.54, 1.807) is 0 Å². The zero-order chi connectivity index (χ0) is 13.4. The molecule has 0 N–H and O–H groups in total. The van der Waals surface area contributed by atoms with E-state index in [1.807, 2.05) is 0 Å². The summed E-state index contributed by atoms with van der Waals surface area (Å²) in [7, 11) is 2.20. The second-order valence-corrected chi connectivity index (χ2v) is 4.83. The lowest BCUT2D eigenvalue weighted by Crippen LogP contribution is -2.43. The van der Waals surface area contributed by atoms with Gasteiger partial charge in [-0.25, -0.2) is 0 Å². The molecule has 1 aliphatic rings. The molecule has 2 rings (SSSR count). The monoisotopic (exact) mass is 268 g/mol. The minimum absolute atomic E-state index is 0.222. The summed E-state index contributed by atoms with van der Waals surface area (Å²) in [4.78, 5) is 13.5. The van der Waals surface area contributed by atoms with Crippen LogP contribution in [0.1, 0.15) is 11.1 Å². The summed E-state index contributed by atoms with van der Waals surface area (Å²) in [5.41, 5.74) is 2.78. The molecule has 1 heterocycles. The molecule has 1 aliphatic heterocycles. The fourth-order valence-electron chi connectivity index (χ4n) is 1.96. The minimum Gasteiger partial charge on any atom is -0.304 e. The number of hydrogen-bond acceptors (Lipinski definition) is 3. The van der Waals surface area contributed by atoms with Crippen molar-refractivity contribution in [3.8, 4) is 0 Å². The fourth-order valence-corrected chi connectivity index (χ4v) is 1.96. The predicted octanol–water partition coefficient (Wildman–Crippen LogP) is 2.16. The average molecular weight is 269 g/mol. The number of nitrogens with zero attached hydrogens (tertiary/aromatic N) is 2. The Morgan fingerprint density at radius 3 is 2.17 bits per heavy atom. The van der Waals surface area contributed by atoms with Crippen LogP contribution in [0.2, 0.25) is 0 Å². The van der Waals surface area contributed by atoms with Crippen molar-refractivity contribution >= 4 is 17.3 Å². The Bertz CT molecular complexity index is 345. The van der Waals surface area contributed by atoms with Crippen LogP contribution in [-0.2, 0) is 11.3 Å². The van der Waals surface area contributed by atoms with Crippen LogP contribution in [0.25, 0.3) is 0 Å². The standard InChI is InChI=1S/C13H20N2.CHClO/c1-12-3-5-13(6-4-12)11-15-9-7-14(2)8-10-15;2-1-3/h3-6H,7-11H2,1-2H3;1H. The number of hydrogen-bond donors (Lipinski definition) is 0. The van der Waals surface area contributed by atoms with Gasteiger partial charge in [0.1, 0.15) is 0 Å². The summed E-state index contributed by atoms with van der Waals surface area (Å²) in [5, 5.41) is 0. The van der Waals surface area contributed by atoms with E-state index >= 15 is 0 Å². The number of piperazine rings is 1. The summed E-state index contributed by atoms with van der Waals surface area (Å²) < 4.78 is 0. The second kappa shape index (κ2) is 8.25. The summed E-state index contributed by atoms with van der Waals surface area (Å²) in [6.45, 7) is 8.04. The highest BCUT2D eigenvalue weighted by Gasteiger charge is 2.13. The van der Waals surface area contributed by atoms with Gasteiger partial charge in [0.15, 0.2) is 0 Å². The van der Waals surface area contributed by atoms with Crippen molar-refractivity contribution in [1.82, 2.24) is 9.80 Å². The van der Waals surface area contributed by atoms with Gasteiger partial charge in [0.05, 0.1) is 0 Å². The van der Waals surface area contributed by atoms with Gasteiger partial charge in [0.25, 0.3) is 0 Å². The van der Waals surface area contributed by atoms with E-state index in [4.69, 9.17) is 4.79 Å². The SMILES string of the molecule is Cc1ccc(CN2CCN(C)CC2)cc1.O=CCl. The average Bonchev–Trinajstić information content (AvgIpc) is 2.36. The van der Waals surface area contributed by atoms with Crippen LogP contribution in [0.15, 0.2) is 24.3 Å². The van der Waals surface area contributed by atoms with E-state index in [-0.39, 0.29) is 5.75 Å². The minimum atomic E-state index is 0.222. The maximum Gasteiger partial charge on any atom is 0.208 e. The zero-order valence-corrected chi connectivity index (χ0v) is 11.9. The quantitative estimate of drug-likeness (QED) is 0.607. The number of halogens is 1. The molecule has 0 amide bonds. The first kappa shape index (κ1) is 15.2. The maximum atomic E-state index is 8.57. The molecule has 0 atom stereocenters. The first-order valence-corrected chi connectivity index (χ1v) is 6.59. The van der Waals surface area contributed by atoms with Crippen molar-refractivity contribution in [3.05, 3.63) is 35.4 Å². The molecule has 0 aromatic heterocycles. The molecule has 0 aliphatic carbocycles. The second-order valence-electron chi connectivity index (χ2n) is 4.65. The highest BCUT2D eigenvalue weighted by molar-refractivity contribution is 6.54. The fraction of sp³-hybridized carbons (Fsp3) is 0.500. The lowest BCUT2D eigenvalue weighted by molar-refractivity contribution is 0.148. The van der Waals surface area contributed by atoms with Gasteiger partial charge in [0.2, 0.25) is 5.75 Å². The van der Waals surface area contributed by atoms with Gasteiger partial charge < -0.3 is 4.90 Å². The summed E-state index contributed by atoms with van der Waals surface area (Å²) in [6.07, 6.45) is 0. The number of carbonyl (C=O) groups is 1. The van der Waals surface area contributed by atoms with Crippen LogP contribution in [0.5, 0.6) is 0 Å². The summed E-state index contributed by atoms with van der Waals surface area (Å²) in [6, 6.07) is 8.89. The molecule has 0 bridgehead atoms. The Morgan fingerprint density at radius 1 is 1.17 bits per heavy atom. The molecule has 100 valence electrons. The van der Waals surface area contributed by atoms with Crippen LogP contribution in [0, 0.1) is 6.92 Å². The molecule has 18 heavy (non-hydrogen) atoms. The largest absolute Gasteiger partial charge is 0.304 e. The smallest absolute Gasteiger partial charge is 0.208 e. The van der Waals surface area contributed by atoms with Crippen molar-refractivity contribution in [3.63, 3.8) is 0 Å². The van der Waals surface area contributed by atoms with E-state index in [1.165, 1.54) is 37.3 Å². The molecule has 1 aromatic rings. The van der Waals surface area contributed by atoms with E-state index in [0.29, 0.717) is 0 Å². The molecule has 0 spiro atoms. The lowest BCUT2D eigenvalue weighted by atomic mass is 10.1. The molecule has 0 radical (unpaired) electrons. The molecule has 3 nitrogen and oxygen atoms in total. The third kappa shape index (κ3) is 5.63. The number of likely N-dealkylation sites (N-methyl/N-ethyl adjacent to an activating group) is 1. The first-order chi connectivity index (χ1) is 8.65. The van der Waals surface area contributed by atoms with Crippen LogP contribution in [0.4, 0.5) is 0 Å². The molecular weight excluding hydrogens is 248 g/mol. The van der Waals surface area contributed by atoms with E-state index in [9.17, 15) is 0 Å². The molecular formula is C14H21ClN2O. The Kier molecular flexibility index (Phi) is 6.94. The number of rotatable bonds is 2. The van der Waals surface area contributed by atoms with Crippen LogP contribution in [0.3, 0.4) is 0 Å². The highest BCUT2D eigenvalue weighted by atomic mass is 35.5. The first-order valence-electron chi connectivity index (χ1n) is 6.16. The van der Waals surface area contributed by atoms with E-state index in [2.05, 4.69) is 59.6 Å². The van der Waals surface area contributed by atoms with E-state index < -0.39 is 0 Å². The summed E-state index contributed by atoms with van der Waals surface area (Å²) in [5.74, 6) is 0.222. The zero-order valence-electron chi connectivity index (χ0n) is 11.1. The third-order valence-electron chi connectivity index (χ3n) is 3.12. The maximum absolute atomic E-state index is 8.57. The van der Waals surface area contributed by atoms with Gasteiger partial charge in [-0.1, -0.05) is 29.8 Å². The Labute approximate surface area is 114 Å². The molecule has 4 heteroatoms. The molecule has 0 saturated carbocycles. The van der Waals surface area contributed by atoms with Crippen LogP contribution in [-0.4, -0.2) is 48.8 Å². The molecule has 1 fully saturated rings. The number of carbonyl (C=O) groups excluding carboxylic acids is 1. The highest BCUT2D eigenvalue weighted by Crippen LogP contribution is 2.08. The van der Waals surface area contributed by atoms with Crippen molar-refractivity contribution in [2.45, 2.75) is 13.5 Å². The van der Waals surface area contributed by atoms with Crippen LogP contribution >= 0.6 is 11.6 Å². The molecule has 1 aromatic carbocycles. The van der Waals surface area contributed by atoms with E-state index in [0.717, 1.165) is 6.54 Å². The third-order valence-corrected chi connectivity index (χ3v) is 3.12. The van der Waals surface area contributed by atoms with Crippen LogP contribution < -0.4 is 0 Å². The molecule has 0 unspecified atom stereocenters. The molecule has 1 saturated heterocycles. The van der Waals surface area contributed by atoms with Crippen molar-refractivity contribution in [1.29, 1.82) is 0 Å². The predicted molar refractivity (Wildman–Crippen MR) is 76.6 cm³/mol. The van der Waals surface area contributed by atoms with Crippen molar-refractivity contribution in [2.24, 2.45) is 0 Å². The Morgan fingerprint density at radius 2 is 1.67 bits per heavy atom. The van der Waals surface area contributed by atoms with Gasteiger partial charge in [-0.05, 0) is 31.1 Å². The lowest BCUT2D eigenvalue weighted by Gasteiger charge is -2.32.